The number of nitrogens with zero attached hydrogens (tertiary/aromatic N) is 2. The zero-order valence-electron chi connectivity index (χ0n) is 18.2. The standard InChI is InChI=1S/C23H25N3O2.CHF3/c1-23(2)19-7-5-4-6-17(19)12-21(23)25-18-10-8-16(9-11-18)14-26(3)22(27)20-13-24-15-28-20;2-1(3)4/h4-11,13,15,21,25H,12,14H2,1-3H3;1H. The van der Waals surface area contributed by atoms with Gasteiger partial charge in [0.1, 0.15) is 0 Å². The maximum Gasteiger partial charge on any atom is 0.379 e. The Balaban J connectivity index is 0.000000668. The highest BCUT2D eigenvalue weighted by Crippen LogP contribution is 2.39. The lowest BCUT2D eigenvalue weighted by molar-refractivity contribution is 0.00818. The van der Waals surface area contributed by atoms with Crippen molar-refractivity contribution in [3.05, 3.63) is 83.6 Å². The molecule has 3 aromatic rings. The van der Waals surface area contributed by atoms with Crippen LogP contribution in [0.5, 0.6) is 0 Å². The van der Waals surface area contributed by atoms with Crippen LogP contribution in [0.1, 0.15) is 41.1 Å². The fraction of sp³-hybridized carbons (Fsp3) is 0.333. The molecule has 0 bridgehead atoms. The highest BCUT2D eigenvalue weighted by atomic mass is 19.4. The second kappa shape index (κ2) is 9.89. The van der Waals surface area contributed by atoms with Crippen LogP contribution in [0, 0.1) is 0 Å². The van der Waals surface area contributed by atoms with Crippen molar-refractivity contribution in [1.82, 2.24) is 9.88 Å². The summed E-state index contributed by atoms with van der Waals surface area (Å²) in [5.74, 6) is 0.0778. The van der Waals surface area contributed by atoms with Crippen LogP contribution >= 0.6 is 0 Å². The van der Waals surface area contributed by atoms with Gasteiger partial charge in [0.05, 0.1) is 6.20 Å². The summed E-state index contributed by atoms with van der Waals surface area (Å²) >= 11 is 0. The van der Waals surface area contributed by atoms with Crippen molar-refractivity contribution < 1.29 is 22.4 Å². The number of benzene rings is 2. The Bertz CT molecular complexity index is 1020. The number of rotatable bonds is 5. The van der Waals surface area contributed by atoms with Crippen molar-refractivity contribution in [2.24, 2.45) is 0 Å². The maximum absolute atomic E-state index is 12.3. The van der Waals surface area contributed by atoms with Crippen molar-refractivity contribution in [2.75, 3.05) is 12.4 Å². The van der Waals surface area contributed by atoms with Gasteiger partial charge in [0.2, 0.25) is 5.76 Å². The number of anilines is 1. The largest absolute Gasteiger partial charge is 0.438 e. The van der Waals surface area contributed by atoms with E-state index in [1.165, 1.54) is 23.7 Å². The molecule has 0 saturated carbocycles. The molecule has 0 fully saturated rings. The molecule has 4 rings (SSSR count). The number of carbonyl (C=O) groups is 1. The second-order valence-electron chi connectivity index (χ2n) is 8.25. The van der Waals surface area contributed by atoms with Gasteiger partial charge in [0.15, 0.2) is 6.39 Å². The minimum Gasteiger partial charge on any atom is -0.438 e. The predicted molar refractivity (Wildman–Crippen MR) is 116 cm³/mol. The molecule has 0 radical (unpaired) electrons. The average molecular weight is 445 g/mol. The summed E-state index contributed by atoms with van der Waals surface area (Å²) < 4.78 is 34.1. The molecule has 8 heteroatoms. The average Bonchev–Trinajstić information content (AvgIpc) is 3.36. The van der Waals surface area contributed by atoms with Crippen LogP contribution in [0.2, 0.25) is 0 Å². The van der Waals surface area contributed by atoms with Crippen LogP contribution in [0.4, 0.5) is 18.9 Å². The molecule has 1 atom stereocenters. The number of amides is 1. The number of hydrogen-bond donors (Lipinski definition) is 1. The highest BCUT2D eigenvalue weighted by Gasteiger charge is 2.38. The van der Waals surface area contributed by atoms with E-state index < -0.39 is 6.68 Å². The Labute approximate surface area is 185 Å². The smallest absolute Gasteiger partial charge is 0.379 e. The van der Waals surface area contributed by atoms with Gasteiger partial charge in [-0.1, -0.05) is 50.2 Å². The van der Waals surface area contributed by atoms with Gasteiger partial charge in [-0.25, -0.2) is 4.98 Å². The van der Waals surface area contributed by atoms with E-state index in [1.54, 1.807) is 11.9 Å². The first-order valence-electron chi connectivity index (χ1n) is 10.2. The number of halogens is 3. The number of oxazole rings is 1. The Morgan fingerprint density at radius 3 is 2.44 bits per heavy atom. The Morgan fingerprint density at radius 2 is 1.84 bits per heavy atom. The van der Waals surface area contributed by atoms with Gasteiger partial charge in [0.25, 0.3) is 5.91 Å². The lowest BCUT2D eigenvalue weighted by atomic mass is 9.83. The van der Waals surface area contributed by atoms with Gasteiger partial charge in [0, 0.05) is 30.7 Å². The lowest BCUT2D eigenvalue weighted by Gasteiger charge is -2.30. The van der Waals surface area contributed by atoms with E-state index >= 15 is 0 Å². The molecular formula is C24H26F3N3O2. The van der Waals surface area contributed by atoms with Gasteiger partial charge in [-0.2, -0.15) is 13.2 Å². The number of aromatic nitrogens is 1. The predicted octanol–water partition coefficient (Wildman–Crippen LogP) is 5.44. The first-order valence-corrected chi connectivity index (χ1v) is 10.2. The van der Waals surface area contributed by atoms with Crippen LogP contribution in [-0.4, -0.2) is 35.6 Å². The molecule has 1 heterocycles. The SMILES string of the molecule is CN(Cc1ccc(NC2Cc3ccccc3C2(C)C)cc1)C(=O)c1cnco1.FC(F)F. The minimum absolute atomic E-state index is 0.0823. The van der Waals surface area contributed by atoms with Gasteiger partial charge in [-0.05, 0) is 35.2 Å². The Hall–Kier alpha value is -3.29. The Kier molecular flexibility index (Phi) is 7.22. The molecule has 1 amide bonds. The van der Waals surface area contributed by atoms with Crippen molar-refractivity contribution in [2.45, 2.75) is 44.9 Å². The van der Waals surface area contributed by atoms with Crippen molar-refractivity contribution in [3.63, 3.8) is 0 Å². The molecule has 170 valence electrons. The zero-order valence-corrected chi connectivity index (χ0v) is 18.2. The van der Waals surface area contributed by atoms with E-state index in [9.17, 15) is 18.0 Å². The third-order valence-corrected chi connectivity index (χ3v) is 5.71. The highest BCUT2D eigenvalue weighted by molar-refractivity contribution is 5.90. The summed E-state index contributed by atoms with van der Waals surface area (Å²) in [6.45, 7) is 1.45. The normalized spacial score (nSPS) is 16.2. The molecule has 1 N–H and O–H groups in total. The van der Waals surface area contributed by atoms with Crippen molar-refractivity contribution in [3.8, 4) is 0 Å². The maximum atomic E-state index is 12.3. The van der Waals surface area contributed by atoms with Crippen molar-refractivity contribution in [1.29, 1.82) is 0 Å². The van der Waals surface area contributed by atoms with E-state index in [1.807, 2.05) is 0 Å². The van der Waals surface area contributed by atoms with Gasteiger partial charge in [-0.3, -0.25) is 4.79 Å². The molecule has 1 aliphatic carbocycles. The first kappa shape index (κ1) is 23.4. The van der Waals surface area contributed by atoms with E-state index in [2.05, 4.69) is 72.7 Å². The fourth-order valence-corrected chi connectivity index (χ4v) is 3.98. The van der Waals surface area contributed by atoms with Crippen molar-refractivity contribution >= 4 is 11.6 Å². The summed E-state index contributed by atoms with van der Waals surface area (Å²) in [5.41, 5.74) is 5.10. The zero-order chi connectivity index (χ0) is 23.3. The third kappa shape index (κ3) is 5.49. The minimum atomic E-state index is -3.67. The van der Waals surface area contributed by atoms with E-state index in [4.69, 9.17) is 4.42 Å². The molecule has 0 aliphatic heterocycles. The summed E-state index contributed by atoms with van der Waals surface area (Å²) in [5, 5.41) is 3.70. The van der Waals surface area contributed by atoms with E-state index in [0.717, 1.165) is 17.7 Å². The fourth-order valence-electron chi connectivity index (χ4n) is 3.98. The van der Waals surface area contributed by atoms with E-state index in [-0.39, 0.29) is 17.1 Å². The van der Waals surface area contributed by atoms with Crippen LogP contribution in [-0.2, 0) is 18.4 Å². The summed E-state index contributed by atoms with van der Waals surface area (Å²) in [6, 6.07) is 17.3. The molecule has 2 aromatic carbocycles. The topological polar surface area (TPSA) is 58.4 Å². The van der Waals surface area contributed by atoms with E-state index in [0.29, 0.717) is 12.6 Å². The van der Waals surface area contributed by atoms with Crippen LogP contribution in [0.25, 0.3) is 0 Å². The second-order valence-corrected chi connectivity index (χ2v) is 8.25. The van der Waals surface area contributed by atoms with Gasteiger partial charge < -0.3 is 14.6 Å². The van der Waals surface area contributed by atoms with Crippen LogP contribution in [0.15, 0.2) is 65.5 Å². The van der Waals surface area contributed by atoms with Crippen LogP contribution < -0.4 is 5.32 Å². The number of carbonyl (C=O) groups excluding carboxylic acids is 1. The molecular weight excluding hydrogens is 419 g/mol. The molecule has 32 heavy (non-hydrogen) atoms. The number of hydrogen-bond acceptors (Lipinski definition) is 4. The molecule has 1 aliphatic rings. The summed E-state index contributed by atoms with van der Waals surface area (Å²) in [7, 11) is 1.76. The molecule has 1 unspecified atom stereocenters. The first-order chi connectivity index (χ1) is 15.2. The number of alkyl halides is 3. The molecule has 0 spiro atoms. The number of fused-ring (bicyclic) bond motifs is 1. The number of nitrogens with one attached hydrogen (secondary N) is 1. The Morgan fingerprint density at radius 1 is 1.19 bits per heavy atom. The quantitative estimate of drug-likeness (QED) is 0.568. The third-order valence-electron chi connectivity index (χ3n) is 5.71. The lowest BCUT2D eigenvalue weighted by Crippen LogP contribution is -2.36. The summed E-state index contributed by atoms with van der Waals surface area (Å²) in [4.78, 5) is 17.7. The van der Waals surface area contributed by atoms with Gasteiger partial charge >= 0.3 is 6.68 Å². The molecule has 5 nitrogen and oxygen atoms in total. The molecule has 1 aromatic heterocycles. The molecule has 0 saturated heterocycles. The monoisotopic (exact) mass is 445 g/mol. The van der Waals surface area contributed by atoms with Crippen LogP contribution in [0.3, 0.4) is 0 Å². The summed E-state index contributed by atoms with van der Waals surface area (Å²) in [6.07, 6.45) is 3.73. The van der Waals surface area contributed by atoms with Gasteiger partial charge in [-0.15, -0.1) is 0 Å².